The number of nitrogens with zero attached hydrogens (tertiary/aromatic N) is 4. The molecule has 2 heterocycles. The van der Waals surface area contributed by atoms with E-state index in [1.807, 2.05) is 30.3 Å². The maximum atomic E-state index is 13.4. The molecule has 4 aromatic rings. The third kappa shape index (κ3) is 4.91. The van der Waals surface area contributed by atoms with Gasteiger partial charge in [0.25, 0.3) is 5.69 Å². The number of benzene rings is 2. The molecular weight excluding hydrogens is 454 g/mol. The van der Waals surface area contributed by atoms with Crippen molar-refractivity contribution in [2.24, 2.45) is 0 Å². The minimum Gasteiger partial charge on any atom is -0.461 e. The van der Waals surface area contributed by atoms with Crippen LogP contribution in [0.15, 0.2) is 89.2 Å². The van der Waals surface area contributed by atoms with Crippen molar-refractivity contribution in [3.05, 3.63) is 101 Å². The van der Waals surface area contributed by atoms with E-state index >= 15 is 0 Å². The lowest BCUT2D eigenvalue weighted by atomic mass is 10.1. The zero-order chi connectivity index (χ0) is 24.1. The van der Waals surface area contributed by atoms with E-state index in [0.717, 1.165) is 5.56 Å². The average molecular weight is 476 g/mol. The van der Waals surface area contributed by atoms with E-state index in [2.05, 4.69) is 22.1 Å². The third-order valence-corrected chi connectivity index (χ3v) is 6.18. The van der Waals surface area contributed by atoms with Crippen LogP contribution in [-0.4, -0.2) is 25.6 Å². The molecule has 10 heteroatoms. The number of carbonyl (C=O) groups is 1. The highest BCUT2D eigenvalue weighted by atomic mass is 32.2. The van der Waals surface area contributed by atoms with E-state index in [-0.39, 0.29) is 11.4 Å². The van der Waals surface area contributed by atoms with Crippen LogP contribution < -0.4 is 5.32 Å². The Morgan fingerprint density at radius 3 is 2.71 bits per heavy atom. The van der Waals surface area contributed by atoms with E-state index in [0.29, 0.717) is 28.8 Å². The highest BCUT2D eigenvalue weighted by Crippen LogP contribution is 2.38. The largest absolute Gasteiger partial charge is 0.461 e. The van der Waals surface area contributed by atoms with Gasteiger partial charge in [-0.05, 0) is 36.2 Å². The molecule has 172 valence electrons. The molecule has 34 heavy (non-hydrogen) atoms. The molecule has 0 aliphatic heterocycles. The lowest BCUT2D eigenvalue weighted by Gasteiger charge is -2.17. The first kappa shape index (κ1) is 23.0. The number of aryl methyl sites for hydroxylation is 1. The number of thioether (sulfide) groups is 1. The summed E-state index contributed by atoms with van der Waals surface area (Å²) >= 11 is 1.19. The van der Waals surface area contributed by atoms with Crippen molar-refractivity contribution in [2.45, 2.75) is 23.9 Å². The number of hydrogen-bond donors (Lipinski definition) is 1. The van der Waals surface area contributed by atoms with E-state index in [1.165, 1.54) is 23.9 Å². The van der Waals surface area contributed by atoms with E-state index in [4.69, 9.17) is 4.42 Å². The van der Waals surface area contributed by atoms with Gasteiger partial charge in [-0.25, -0.2) is 0 Å². The normalized spacial score (nSPS) is 11.7. The van der Waals surface area contributed by atoms with Gasteiger partial charge in [0.1, 0.15) is 10.9 Å². The predicted octanol–water partition coefficient (Wildman–Crippen LogP) is 5.41. The monoisotopic (exact) mass is 475 g/mol. The highest BCUT2D eigenvalue weighted by molar-refractivity contribution is 8.00. The van der Waals surface area contributed by atoms with Gasteiger partial charge < -0.3 is 9.73 Å². The smallest absolute Gasteiger partial charge is 0.293 e. The van der Waals surface area contributed by atoms with Crippen LogP contribution in [0.5, 0.6) is 0 Å². The third-order valence-electron chi connectivity index (χ3n) is 4.94. The Balaban J connectivity index is 1.70. The Labute approximate surface area is 199 Å². The van der Waals surface area contributed by atoms with Gasteiger partial charge in [0.15, 0.2) is 10.9 Å². The number of aromatic nitrogens is 3. The summed E-state index contributed by atoms with van der Waals surface area (Å²) in [7, 11) is 0. The van der Waals surface area contributed by atoms with Crippen molar-refractivity contribution in [1.82, 2.24) is 14.8 Å². The Bertz CT molecular complexity index is 1320. The molecule has 2 aromatic carbocycles. The molecule has 0 saturated carbocycles. The highest BCUT2D eigenvalue weighted by Gasteiger charge is 2.28. The standard InChI is InChI=1S/C24H21N5O4S/c1-3-13-28-22(20-10-7-14-33-20)26-27-24(28)34-21(17-8-5-4-6-9-17)23(30)25-18-12-11-16(2)15-19(18)29(31)32/h3-12,14-15,21H,1,13H2,2H3,(H,25,30). The molecule has 1 unspecified atom stereocenters. The lowest BCUT2D eigenvalue weighted by molar-refractivity contribution is -0.384. The van der Waals surface area contributed by atoms with Crippen LogP contribution in [0.2, 0.25) is 0 Å². The van der Waals surface area contributed by atoms with Crippen LogP contribution in [0.3, 0.4) is 0 Å². The number of hydrogen-bond acceptors (Lipinski definition) is 7. The summed E-state index contributed by atoms with van der Waals surface area (Å²) in [6.07, 6.45) is 3.25. The fourth-order valence-electron chi connectivity index (χ4n) is 3.36. The van der Waals surface area contributed by atoms with Crippen molar-refractivity contribution in [1.29, 1.82) is 0 Å². The fraction of sp³-hybridized carbons (Fsp3) is 0.125. The van der Waals surface area contributed by atoms with Crippen LogP contribution in [0.1, 0.15) is 16.4 Å². The molecule has 0 radical (unpaired) electrons. The zero-order valence-corrected chi connectivity index (χ0v) is 19.1. The first-order valence-corrected chi connectivity index (χ1v) is 11.2. The Kier molecular flexibility index (Phi) is 6.88. The maximum absolute atomic E-state index is 13.4. The summed E-state index contributed by atoms with van der Waals surface area (Å²) in [6.45, 7) is 5.96. The second-order valence-electron chi connectivity index (χ2n) is 7.36. The van der Waals surface area contributed by atoms with Crippen LogP contribution in [-0.2, 0) is 11.3 Å². The number of nitro groups is 1. The summed E-state index contributed by atoms with van der Waals surface area (Å²) in [4.78, 5) is 24.4. The molecule has 0 bridgehead atoms. The van der Waals surface area contributed by atoms with Gasteiger partial charge in [0.2, 0.25) is 11.7 Å². The molecule has 0 aliphatic carbocycles. The number of amides is 1. The number of carbonyl (C=O) groups excluding carboxylic acids is 1. The summed E-state index contributed by atoms with van der Waals surface area (Å²) in [6, 6.07) is 17.3. The Hall–Kier alpha value is -4.18. The van der Waals surface area contributed by atoms with Crippen molar-refractivity contribution < 1.29 is 14.1 Å². The van der Waals surface area contributed by atoms with Gasteiger partial charge in [-0.1, -0.05) is 54.2 Å². The minimum absolute atomic E-state index is 0.131. The average Bonchev–Trinajstić information content (AvgIpc) is 3.49. The number of allylic oxidation sites excluding steroid dienone is 1. The van der Waals surface area contributed by atoms with Gasteiger partial charge in [-0.15, -0.1) is 16.8 Å². The van der Waals surface area contributed by atoms with Gasteiger partial charge in [-0.3, -0.25) is 19.5 Å². The SMILES string of the molecule is C=CCn1c(SC(C(=O)Nc2ccc(C)cc2[N+](=O)[O-])c2ccccc2)nnc1-c1ccco1. The van der Waals surface area contributed by atoms with Crippen LogP contribution >= 0.6 is 11.8 Å². The molecule has 0 saturated heterocycles. The van der Waals surface area contributed by atoms with Gasteiger partial charge in [0, 0.05) is 12.6 Å². The van der Waals surface area contributed by atoms with Crippen molar-refractivity contribution >= 4 is 29.0 Å². The summed E-state index contributed by atoms with van der Waals surface area (Å²) < 4.78 is 7.27. The number of furan rings is 1. The van der Waals surface area contributed by atoms with Crippen molar-refractivity contribution in [3.8, 4) is 11.6 Å². The van der Waals surface area contributed by atoms with E-state index < -0.39 is 16.1 Å². The topological polar surface area (TPSA) is 116 Å². The van der Waals surface area contributed by atoms with Gasteiger partial charge in [0.05, 0.1) is 11.2 Å². The first-order valence-electron chi connectivity index (χ1n) is 10.3. The molecule has 2 aromatic heterocycles. The molecule has 1 N–H and O–H groups in total. The summed E-state index contributed by atoms with van der Waals surface area (Å²) in [5.41, 5.74) is 1.40. The van der Waals surface area contributed by atoms with Crippen LogP contribution in [0.25, 0.3) is 11.6 Å². The summed E-state index contributed by atoms with van der Waals surface area (Å²) in [5, 5.41) is 22.5. The number of nitro benzene ring substituents is 1. The zero-order valence-electron chi connectivity index (χ0n) is 18.2. The van der Waals surface area contributed by atoms with E-state index in [9.17, 15) is 14.9 Å². The Morgan fingerprint density at radius 1 is 1.24 bits per heavy atom. The molecule has 0 aliphatic rings. The van der Waals surface area contributed by atoms with Gasteiger partial charge >= 0.3 is 0 Å². The maximum Gasteiger partial charge on any atom is 0.293 e. The second-order valence-corrected chi connectivity index (χ2v) is 8.43. The number of rotatable bonds is 9. The van der Waals surface area contributed by atoms with Crippen LogP contribution in [0.4, 0.5) is 11.4 Å². The van der Waals surface area contributed by atoms with E-state index in [1.54, 1.807) is 42.0 Å². The molecule has 1 atom stereocenters. The molecular formula is C24H21N5O4S. The molecule has 1 amide bonds. The predicted molar refractivity (Wildman–Crippen MR) is 129 cm³/mol. The Morgan fingerprint density at radius 2 is 2.03 bits per heavy atom. The lowest BCUT2D eigenvalue weighted by Crippen LogP contribution is -2.20. The molecule has 0 fully saturated rings. The van der Waals surface area contributed by atoms with Crippen molar-refractivity contribution in [3.63, 3.8) is 0 Å². The number of anilines is 1. The van der Waals surface area contributed by atoms with Gasteiger partial charge in [-0.2, -0.15) is 0 Å². The second kappa shape index (κ2) is 10.2. The van der Waals surface area contributed by atoms with Crippen molar-refractivity contribution in [2.75, 3.05) is 5.32 Å². The quantitative estimate of drug-likeness (QED) is 0.149. The molecule has 0 spiro atoms. The number of nitrogens with one attached hydrogen (secondary N) is 1. The fourth-order valence-corrected chi connectivity index (χ4v) is 4.41. The van der Waals surface area contributed by atoms with Crippen LogP contribution in [0, 0.1) is 17.0 Å². The molecule has 9 nitrogen and oxygen atoms in total. The minimum atomic E-state index is -0.751. The summed E-state index contributed by atoms with van der Waals surface area (Å²) in [5.74, 6) is 0.627. The first-order chi connectivity index (χ1) is 16.5. The molecule has 4 rings (SSSR count).